The van der Waals surface area contributed by atoms with Crippen LogP contribution in [0.3, 0.4) is 0 Å². The van der Waals surface area contributed by atoms with Crippen molar-refractivity contribution in [3.63, 3.8) is 0 Å². The van der Waals surface area contributed by atoms with Crippen molar-refractivity contribution in [3.05, 3.63) is 16.9 Å². The van der Waals surface area contributed by atoms with Crippen LogP contribution in [0.4, 0.5) is 0 Å². The van der Waals surface area contributed by atoms with Crippen molar-refractivity contribution in [3.8, 4) is 0 Å². The van der Waals surface area contributed by atoms with Gasteiger partial charge < -0.3 is 5.11 Å². The van der Waals surface area contributed by atoms with E-state index in [1.165, 1.54) is 0 Å². The zero-order valence-electron chi connectivity index (χ0n) is 8.55. The van der Waals surface area contributed by atoms with Gasteiger partial charge in [-0.2, -0.15) is 5.10 Å². The van der Waals surface area contributed by atoms with Gasteiger partial charge in [0.1, 0.15) is 10.7 Å². The average molecular weight is 267 g/mol. The molecule has 0 saturated carbocycles. The Bertz CT molecular complexity index is 494. The van der Waals surface area contributed by atoms with Crippen LogP contribution in [0.1, 0.15) is 17.3 Å². The minimum atomic E-state index is -3.11. The highest BCUT2D eigenvalue weighted by molar-refractivity contribution is 7.91. The lowest BCUT2D eigenvalue weighted by atomic mass is 10.4. The zero-order valence-corrected chi connectivity index (χ0v) is 10.1. The number of halogens is 1. The van der Waals surface area contributed by atoms with E-state index in [0.717, 1.165) is 10.9 Å². The largest absolute Gasteiger partial charge is 0.478 e. The molecule has 0 aromatic carbocycles. The third kappa shape index (κ3) is 2.96. The third-order valence-electron chi connectivity index (χ3n) is 2.06. The van der Waals surface area contributed by atoms with Gasteiger partial charge in [-0.3, -0.25) is 4.68 Å². The molecule has 1 aromatic heterocycles. The number of nitrogens with zero attached hydrogens (tertiary/aromatic N) is 2. The Kier molecular flexibility index (Phi) is 3.93. The van der Waals surface area contributed by atoms with Gasteiger partial charge in [-0.25, -0.2) is 13.2 Å². The molecule has 0 atom stereocenters. The normalized spacial score (nSPS) is 11.6. The lowest BCUT2D eigenvalue weighted by molar-refractivity contribution is 0.0697. The van der Waals surface area contributed by atoms with Gasteiger partial charge in [0.2, 0.25) is 0 Å². The molecule has 0 amide bonds. The van der Waals surface area contributed by atoms with Crippen LogP contribution in [0.25, 0.3) is 0 Å². The first-order valence-corrected chi connectivity index (χ1v) is 6.72. The summed E-state index contributed by atoms with van der Waals surface area (Å²) in [5.74, 6) is -1.25. The third-order valence-corrected chi connectivity index (χ3v) is 4.14. The standard InChI is InChI=1S/C8H11ClN2O4S/c1-2-16(14,15)4-3-11-7(9)6(5-10-11)8(12)13/h5H,2-4H2,1H3,(H,12,13). The van der Waals surface area contributed by atoms with Gasteiger partial charge in [0, 0.05) is 5.75 Å². The van der Waals surface area contributed by atoms with Crippen molar-refractivity contribution in [2.75, 3.05) is 11.5 Å². The summed E-state index contributed by atoms with van der Waals surface area (Å²) in [7, 11) is -3.11. The fourth-order valence-electron chi connectivity index (χ4n) is 1.04. The fourth-order valence-corrected chi connectivity index (χ4v) is 2.04. The number of sulfone groups is 1. The summed E-state index contributed by atoms with van der Waals surface area (Å²) in [5, 5.41) is 12.4. The lowest BCUT2D eigenvalue weighted by Crippen LogP contribution is -2.15. The van der Waals surface area contributed by atoms with Crippen molar-refractivity contribution in [2.45, 2.75) is 13.5 Å². The molecule has 0 fully saturated rings. The molecule has 90 valence electrons. The van der Waals surface area contributed by atoms with E-state index in [1.54, 1.807) is 6.92 Å². The summed E-state index contributed by atoms with van der Waals surface area (Å²) in [6.07, 6.45) is 1.10. The van der Waals surface area contributed by atoms with Crippen molar-refractivity contribution in [1.82, 2.24) is 9.78 Å². The van der Waals surface area contributed by atoms with Crippen LogP contribution in [-0.2, 0) is 16.4 Å². The SMILES string of the molecule is CCS(=O)(=O)CCn1ncc(C(=O)O)c1Cl. The molecule has 0 radical (unpaired) electrons. The second-order valence-corrected chi connectivity index (χ2v) is 5.94. The van der Waals surface area contributed by atoms with Crippen molar-refractivity contribution in [1.29, 1.82) is 0 Å². The number of carboxylic acids is 1. The lowest BCUT2D eigenvalue weighted by Gasteiger charge is -2.03. The van der Waals surface area contributed by atoms with Crippen LogP contribution in [0.15, 0.2) is 6.20 Å². The zero-order chi connectivity index (χ0) is 12.3. The Morgan fingerprint density at radius 1 is 1.62 bits per heavy atom. The van der Waals surface area contributed by atoms with Crippen molar-refractivity contribution >= 4 is 27.4 Å². The highest BCUT2D eigenvalue weighted by Gasteiger charge is 2.16. The van der Waals surface area contributed by atoms with Crippen LogP contribution < -0.4 is 0 Å². The highest BCUT2D eigenvalue weighted by atomic mass is 35.5. The molecular formula is C8H11ClN2O4S. The first-order chi connectivity index (χ1) is 7.37. The highest BCUT2D eigenvalue weighted by Crippen LogP contribution is 2.15. The van der Waals surface area contributed by atoms with Gasteiger partial charge in [-0.1, -0.05) is 18.5 Å². The molecule has 8 heteroatoms. The second kappa shape index (κ2) is 4.84. The molecule has 16 heavy (non-hydrogen) atoms. The number of aromatic carboxylic acids is 1. The first kappa shape index (κ1) is 13.0. The van der Waals surface area contributed by atoms with E-state index in [1.807, 2.05) is 0 Å². The number of aromatic nitrogens is 2. The van der Waals surface area contributed by atoms with Crippen LogP contribution in [-0.4, -0.2) is 40.8 Å². The van der Waals surface area contributed by atoms with Crippen LogP contribution in [0.5, 0.6) is 0 Å². The monoisotopic (exact) mass is 266 g/mol. The molecule has 0 aliphatic rings. The molecule has 0 aliphatic carbocycles. The Hall–Kier alpha value is -1.08. The van der Waals surface area contributed by atoms with E-state index >= 15 is 0 Å². The van der Waals surface area contributed by atoms with Gasteiger partial charge in [0.25, 0.3) is 0 Å². The summed E-state index contributed by atoms with van der Waals surface area (Å²) in [6, 6.07) is 0. The maximum Gasteiger partial charge on any atom is 0.340 e. The molecule has 0 unspecified atom stereocenters. The predicted molar refractivity (Wildman–Crippen MR) is 58.5 cm³/mol. The van der Waals surface area contributed by atoms with Gasteiger partial charge in [0.05, 0.1) is 18.5 Å². The first-order valence-electron chi connectivity index (χ1n) is 4.52. The molecule has 0 aliphatic heterocycles. The molecule has 1 N–H and O–H groups in total. The predicted octanol–water partition coefficient (Wildman–Crippen LogP) is 0.669. The summed E-state index contributed by atoms with van der Waals surface area (Å²) in [6.45, 7) is 1.60. The fraction of sp³-hybridized carbons (Fsp3) is 0.500. The topological polar surface area (TPSA) is 89.3 Å². The Balaban J connectivity index is 2.80. The minimum Gasteiger partial charge on any atom is -0.478 e. The number of hydrogen-bond donors (Lipinski definition) is 1. The number of carbonyl (C=O) groups is 1. The quantitative estimate of drug-likeness (QED) is 0.846. The molecule has 0 spiro atoms. The summed E-state index contributed by atoms with van der Waals surface area (Å²) in [4.78, 5) is 10.6. The molecule has 0 saturated heterocycles. The molecule has 6 nitrogen and oxygen atoms in total. The van der Waals surface area contributed by atoms with E-state index in [9.17, 15) is 13.2 Å². The van der Waals surface area contributed by atoms with E-state index in [2.05, 4.69) is 5.10 Å². The Morgan fingerprint density at radius 2 is 2.25 bits per heavy atom. The Labute approximate surface area is 97.7 Å². The molecule has 1 rings (SSSR count). The molecular weight excluding hydrogens is 256 g/mol. The van der Waals surface area contributed by atoms with Gasteiger partial charge in [-0.15, -0.1) is 0 Å². The van der Waals surface area contributed by atoms with Gasteiger partial charge in [0.15, 0.2) is 9.84 Å². The molecule has 1 aromatic rings. The number of rotatable bonds is 5. The van der Waals surface area contributed by atoms with E-state index in [4.69, 9.17) is 16.7 Å². The van der Waals surface area contributed by atoms with Crippen LogP contribution in [0.2, 0.25) is 5.15 Å². The van der Waals surface area contributed by atoms with Crippen LogP contribution in [0, 0.1) is 0 Å². The summed E-state index contributed by atoms with van der Waals surface area (Å²) in [5.41, 5.74) is -0.129. The van der Waals surface area contributed by atoms with Gasteiger partial charge >= 0.3 is 5.97 Å². The maximum absolute atomic E-state index is 11.2. The van der Waals surface area contributed by atoms with E-state index in [0.29, 0.717) is 0 Å². The summed E-state index contributed by atoms with van der Waals surface area (Å²) >= 11 is 5.72. The van der Waals surface area contributed by atoms with Gasteiger partial charge in [-0.05, 0) is 0 Å². The Morgan fingerprint density at radius 3 is 2.69 bits per heavy atom. The van der Waals surface area contributed by atoms with Crippen molar-refractivity contribution in [2.24, 2.45) is 0 Å². The van der Waals surface area contributed by atoms with E-state index < -0.39 is 15.8 Å². The number of hydrogen-bond acceptors (Lipinski definition) is 4. The minimum absolute atomic E-state index is 0.0394. The number of aryl methyl sites for hydroxylation is 1. The second-order valence-electron chi connectivity index (χ2n) is 3.11. The van der Waals surface area contributed by atoms with Crippen LogP contribution >= 0.6 is 11.6 Å². The number of carboxylic acid groups (broad SMARTS) is 1. The summed E-state index contributed by atoms with van der Waals surface area (Å²) < 4.78 is 23.6. The smallest absolute Gasteiger partial charge is 0.340 e. The average Bonchev–Trinajstić information content (AvgIpc) is 2.57. The molecule has 1 heterocycles. The molecule has 0 bridgehead atoms. The maximum atomic E-state index is 11.2. The van der Waals surface area contributed by atoms with E-state index in [-0.39, 0.29) is 28.8 Å². The van der Waals surface area contributed by atoms with Crippen molar-refractivity contribution < 1.29 is 18.3 Å².